The van der Waals surface area contributed by atoms with E-state index in [0.29, 0.717) is 28.1 Å². The van der Waals surface area contributed by atoms with Gasteiger partial charge in [0, 0.05) is 17.7 Å². The van der Waals surface area contributed by atoms with Crippen LogP contribution in [0.2, 0.25) is 0 Å². The minimum absolute atomic E-state index is 0.0783. The van der Waals surface area contributed by atoms with Crippen molar-refractivity contribution in [3.8, 4) is 22.8 Å². The zero-order valence-electron chi connectivity index (χ0n) is 18.1. The maximum Gasteiger partial charge on any atom is 0.273 e. The van der Waals surface area contributed by atoms with Gasteiger partial charge in [0.15, 0.2) is 0 Å². The molecule has 1 aromatic heterocycles. The Morgan fingerprint density at radius 1 is 1.06 bits per heavy atom. The van der Waals surface area contributed by atoms with E-state index in [9.17, 15) is 19.4 Å². The fraction of sp³-hybridized carbons (Fsp3) is 0.154. The number of fused-ring (bicyclic) bond motifs is 1. The number of phenolic OH excluding ortho intramolecular Hbond substituents is 2. The SMILES string of the molecule is Cc1cc(C)c(-c2n[nH]c3c2C(c2cccc(O)c2)N(Cc2ccc(F)cc2)C3=O)c(O)c1. The summed E-state index contributed by atoms with van der Waals surface area (Å²) in [5.74, 6) is -0.445. The summed E-state index contributed by atoms with van der Waals surface area (Å²) >= 11 is 0. The van der Waals surface area contributed by atoms with E-state index >= 15 is 0 Å². The Balaban J connectivity index is 1.69. The van der Waals surface area contributed by atoms with Crippen molar-refractivity contribution in [2.45, 2.75) is 26.4 Å². The van der Waals surface area contributed by atoms with Crippen molar-refractivity contribution in [3.05, 3.63) is 100.0 Å². The van der Waals surface area contributed by atoms with Crippen LogP contribution in [-0.2, 0) is 6.54 Å². The number of nitrogens with one attached hydrogen (secondary N) is 1. The fourth-order valence-electron chi connectivity index (χ4n) is 4.63. The highest BCUT2D eigenvalue weighted by molar-refractivity contribution is 6.00. The third kappa shape index (κ3) is 3.51. The van der Waals surface area contributed by atoms with Crippen molar-refractivity contribution in [1.82, 2.24) is 15.1 Å². The molecule has 0 saturated carbocycles. The van der Waals surface area contributed by atoms with Crippen LogP contribution >= 0.6 is 0 Å². The number of nitrogens with zero attached hydrogens (tertiary/aromatic N) is 2. The van der Waals surface area contributed by atoms with Crippen molar-refractivity contribution in [3.63, 3.8) is 0 Å². The molecule has 0 bridgehead atoms. The van der Waals surface area contributed by atoms with Gasteiger partial charge in [-0.15, -0.1) is 0 Å². The van der Waals surface area contributed by atoms with Gasteiger partial charge in [0.25, 0.3) is 5.91 Å². The van der Waals surface area contributed by atoms with E-state index < -0.39 is 6.04 Å². The molecule has 2 heterocycles. The lowest BCUT2D eigenvalue weighted by Crippen LogP contribution is -2.29. The highest BCUT2D eigenvalue weighted by Gasteiger charge is 2.42. The zero-order chi connectivity index (χ0) is 23.3. The van der Waals surface area contributed by atoms with Gasteiger partial charge >= 0.3 is 0 Å². The van der Waals surface area contributed by atoms with Crippen LogP contribution in [0.4, 0.5) is 4.39 Å². The first kappa shape index (κ1) is 20.8. The summed E-state index contributed by atoms with van der Waals surface area (Å²) in [5.41, 5.74) is 5.23. The van der Waals surface area contributed by atoms with Crippen LogP contribution in [0.25, 0.3) is 11.3 Å². The number of phenols is 2. The number of amides is 1. The van der Waals surface area contributed by atoms with E-state index in [1.165, 1.54) is 12.1 Å². The zero-order valence-corrected chi connectivity index (χ0v) is 18.1. The highest BCUT2D eigenvalue weighted by Crippen LogP contribution is 2.46. The predicted octanol–water partition coefficient (Wildman–Crippen LogP) is 4.99. The summed E-state index contributed by atoms with van der Waals surface area (Å²) in [5, 5.41) is 28.2. The van der Waals surface area contributed by atoms with Crippen LogP contribution in [0.5, 0.6) is 11.5 Å². The van der Waals surface area contributed by atoms with Crippen molar-refractivity contribution < 1.29 is 19.4 Å². The van der Waals surface area contributed by atoms with Gasteiger partial charge in [-0.2, -0.15) is 5.10 Å². The lowest BCUT2D eigenvalue weighted by atomic mass is 9.93. The summed E-state index contributed by atoms with van der Waals surface area (Å²) in [6, 6.07) is 15.8. The van der Waals surface area contributed by atoms with E-state index in [1.54, 1.807) is 41.3 Å². The molecule has 3 N–H and O–H groups in total. The molecule has 1 aliphatic rings. The largest absolute Gasteiger partial charge is 0.508 e. The van der Waals surface area contributed by atoms with Crippen LogP contribution in [0.15, 0.2) is 60.7 Å². The molecule has 5 rings (SSSR count). The number of aromatic amines is 1. The molecule has 0 aliphatic carbocycles. The third-order valence-corrected chi connectivity index (χ3v) is 6.01. The summed E-state index contributed by atoms with van der Waals surface area (Å²) in [6.07, 6.45) is 0. The van der Waals surface area contributed by atoms with Crippen LogP contribution in [-0.4, -0.2) is 31.2 Å². The van der Waals surface area contributed by atoms with Gasteiger partial charge in [0.1, 0.15) is 28.7 Å². The fourth-order valence-corrected chi connectivity index (χ4v) is 4.63. The molecule has 6 nitrogen and oxygen atoms in total. The molecule has 1 atom stereocenters. The summed E-state index contributed by atoms with van der Waals surface area (Å²) in [6.45, 7) is 4.02. The molecule has 4 aromatic rings. The van der Waals surface area contributed by atoms with E-state index in [2.05, 4.69) is 10.2 Å². The first-order chi connectivity index (χ1) is 15.8. The standard InChI is InChI=1S/C26H22FN3O3/c1-14-10-15(2)21(20(32)11-14)23-22-24(29-28-23)26(33)30(13-16-6-8-18(27)9-7-16)25(22)17-4-3-5-19(31)12-17/h3-12,25,31-32H,13H2,1-2H3,(H,28,29). The Kier molecular flexibility index (Phi) is 4.89. The molecule has 166 valence electrons. The number of benzene rings is 3. The van der Waals surface area contributed by atoms with Gasteiger partial charge in [-0.3, -0.25) is 9.89 Å². The molecule has 0 saturated heterocycles. The van der Waals surface area contributed by atoms with E-state index in [0.717, 1.165) is 16.7 Å². The number of carbonyl (C=O) groups excluding carboxylic acids is 1. The molecular weight excluding hydrogens is 421 g/mol. The normalized spacial score (nSPS) is 15.2. The first-order valence-corrected chi connectivity index (χ1v) is 10.6. The molecule has 3 aromatic carbocycles. The quantitative estimate of drug-likeness (QED) is 0.415. The number of aryl methyl sites for hydroxylation is 2. The van der Waals surface area contributed by atoms with E-state index in [-0.39, 0.29) is 29.8 Å². The van der Waals surface area contributed by atoms with Crippen LogP contribution in [0, 0.1) is 19.7 Å². The molecule has 0 fully saturated rings. The Labute approximate surface area is 189 Å². The van der Waals surface area contributed by atoms with Crippen LogP contribution < -0.4 is 0 Å². The molecule has 1 amide bonds. The maximum absolute atomic E-state index is 13.5. The smallest absolute Gasteiger partial charge is 0.273 e. The number of aromatic nitrogens is 2. The van der Waals surface area contributed by atoms with Gasteiger partial charge < -0.3 is 15.1 Å². The van der Waals surface area contributed by atoms with Crippen molar-refractivity contribution >= 4 is 5.91 Å². The average molecular weight is 443 g/mol. The van der Waals surface area contributed by atoms with Crippen LogP contribution in [0.1, 0.15) is 44.3 Å². The molecule has 0 spiro atoms. The number of hydrogen-bond acceptors (Lipinski definition) is 4. The summed E-state index contributed by atoms with van der Waals surface area (Å²) < 4.78 is 13.4. The second-order valence-corrected chi connectivity index (χ2v) is 8.39. The van der Waals surface area contributed by atoms with Gasteiger partial charge in [-0.25, -0.2) is 4.39 Å². The molecule has 1 unspecified atom stereocenters. The van der Waals surface area contributed by atoms with Gasteiger partial charge in [0.05, 0.1) is 6.04 Å². The lowest BCUT2D eigenvalue weighted by molar-refractivity contribution is 0.0730. The number of hydrogen-bond donors (Lipinski definition) is 3. The first-order valence-electron chi connectivity index (χ1n) is 10.6. The van der Waals surface area contributed by atoms with E-state index in [4.69, 9.17) is 0 Å². The molecule has 0 radical (unpaired) electrons. The monoisotopic (exact) mass is 443 g/mol. The Hall–Kier alpha value is -4.13. The van der Waals surface area contributed by atoms with Crippen molar-refractivity contribution in [1.29, 1.82) is 0 Å². The minimum atomic E-state index is -0.557. The van der Waals surface area contributed by atoms with Crippen molar-refractivity contribution in [2.24, 2.45) is 0 Å². The Morgan fingerprint density at radius 2 is 1.82 bits per heavy atom. The lowest BCUT2D eigenvalue weighted by Gasteiger charge is -2.27. The van der Waals surface area contributed by atoms with Crippen LogP contribution in [0.3, 0.4) is 0 Å². The number of rotatable bonds is 4. The number of aromatic hydroxyl groups is 2. The molecular formula is C26H22FN3O3. The highest BCUT2D eigenvalue weighted by atomic mass is 19.1. The molecule has 33 heavy (non-hydrogen) atoms. The van der Waals surface area contributed by atoms with Gasteiger partial charge in [-0.05, 0) is 66.4 Å². The second-order valence-electron chi connectivity index (χ2n) is 8.39. The Bertz CT molecular complexity index is 1360. The maximum atomic E-state index is 13.5. The number of halogens is 1. The number of carbonyl (C=O) groups is 1. The third-order valence-electron chi connectivity index (χ3n) is 6.01. The van der Waals surface area contributed by atoms with Gasteiger partial charge in [0.2, 0.25) is 0 Å². The topological polar surface area (TPSA) is 89.5 Å². The predicted molar refractivity (Wildman–Crippen MR) is 121 cm³/mol. The number of H-pyrrole nitrogens is 1. The average Bonchev–Trinajstić information content (AvgIpc) is 3.28. The summed E-state index contributed by atoms with van der Waals surface area (Å²) in [7, 11) is 0. The summed E-state index contributed by atoms with van der Waals surface area (Å²) in [4.78, 5) is 15.1. The molecule has 7 heteroatoms. The van der Waals surface area contributed by atoms with Gasteiger partial charge in [-0.1, -0.05) is 30.3 Å². The minimum Gasteiger partial charge on any atom is -0.508 e. The van der Waals surface area contributed by atoms with Crippen molar-refractivity contribution in [2.75, 3.05) is 0 Å². The Morgan fingerprint density at radius 3 is 2.52 bits per heavy atom. The second kappa shape index (κ2) is 7.78. The van der Waals surface area contributed by atoms with E-state index in [1.807, 2.05) is 26.0 Å². The molecule has 1 aliphatic heterocycles.